The number of rotatable bonds is 11. The molecule has 0 aliphatic heterocycles. The highest BCUT2D eigenvalue weighted by Gasteiger charge is 2.29. The standard InChI is InChI=1S/C19H22F4N2O6S/c1-13(14-3-4-15(20)16(9-14)31-11-19(21,22)23)10-32(28,29)8-2-7-30-12-25-6-5-17(26)24-18(25)27/h3-6,9,13H,2,7-8,10-12H2,1H3,(H,24,26,27)/t13-/m0/s1. The van der Waals surface area contributed by atoms with Gasteiger partial charge in [0.15, 0.2) is 28.0 Å². The van der Waals surface area contributed by atoms with Gasteiger partial charge in [-0.05, 0) is 30.0 Å². The summed E-state index contributed by atoms with van der Waals surface area (Å²) < 4.78 is 86.0. The van der Waals surface area contributed by atoms with Gasteiger partial charge in [0.25, 0.3) is 5.56 Å². The molecule has 0 bridgehead atoms. The number of benzene rings is 1. The van der Waals surface area contributed by atoms with Gasteiger partial charge in [-0.15, -0.1) is 0 Å². The highest BCUT2D eigenvalue weighted by atomic mass is 32.2. The summed E-state index contributed by atoms with van der Waals surface area (Å²) >= 11 is 0. The summed E-state index contributed by atoms with van der Waals surface area (Å²) in [5.41, 5.74) is -0.885. The number of nitrogens with zero attached hydrogens (tertiary/aromatic N) is 1. The maximum Gasteiger partial charge on any atom is 0.422 e. The second kappa shape index (κ2) is 10.8. The van der Waals surface area contributed by atoms with Gasteiger partial charge in [0.05, 0.1) is 11.5 Å². The Balaban J connectivity index is 1.85. The minimum Gasteiger partial charge on any atom is -0.481 e. The largest absolute Gasteiger partial charge is 0.481 e. The zero-order valence-corrected chi connectivity index (χ0v) is 17.8. The Morgan fingerprint density at radius 2 is 1.91 bits per heavy atom. The first-order valence-electron chi connectivity index (χ1n) is 9.43. The molecule has 0 amide bonds. The van der Waals surface area contributed by atoms with E-state index >= 15 is 0 Å². The highest BCUT2D eigenvalue weighted by molar-refractivity contribution is 7.91. The molecule has 1 aromatic heterocycles. The van der Waals surface area contributed by atoms with Crippen molar-refractivity contribution in [1.82, 2.24) is 9.55 Å². The molecule has 2 rings (SSSR count). The molecule has 0 radical (unpaired) electrons. The lowest BCUT2D eigenvalue weighted by atomic mass is 10.0. The summed E-state index contributed by atoms with van der Waals surface area (Å²) in [6, 6.07) is 4.43. The fourth-order valence-electron chi connectivity index (χ4n) is 2.75. The summed E-state index contributed by atoms with van der Waals surface area (Å²) in [5, 5.41) is 0. The highest BCUT2D eigenvalue weighted by Crippen LogP contribution is 2.27. The van der Waals surface area contributed by atoms with Crippen LogP contribution in [0.25, 0.3) is 0 Å². The van der Waals surface area contributed by atoms with Gasteiger partial charge in [-0.2, -0.15) is 13.2 Å². The first-order chi connectivity index (χ1) is 14.9. The number of alkyl halides is 3. The van der Waals surface area contributed by atoms with E-state index in [9.17, 15) is 35.6 Å². The number of sulfone groups is 1. The van der Waals surface area contributed by atoms with Gasteiger partial charge in [-0.1, -0.05) is 13.0 Å². The molecule has 13 heteroatoms. The van der Waals surface area contributed by atoms with E-state index < -0.39 is 51.4 Å². The van der Waals surface area contributed by atoms with Gasteiger partial charge in [-0.25, -0.2) is 17.6 Å². The second-order valence-corrected chi connectivity index (χ2v) is 9.31. The van der Waals surface area contributed by atoms with E-state index in [1.165, 1.54) is 12.3 Å². The van der Waals surface area contributed by atoms with Crippen LogP contribution in [-0.2, 0) is 21.3 Å². The Bertz CT molecular complexity index is 1130. The van der Waals surface area contributed by atoms with Crippen LogP contribution in [0.5, 0.6) is 5.75 Å². The Labute approximate surface area is 180 Å². The van der Waals surface area contributed by atoms with Crippen LogP contribution in [0.2, 0.25) is 0 Å². The average Bonchev–Trinajstić information content (AvgIpc) is 2.67. The van der Waals surface area contributed by atoms with Crippen molar-refractivity contribution >= 4 is 9.84 Å². The van der Waals surface area contributed by atoms with Crippen molar-refractivity contribution in [2.24, 2.45) is 0 Å². The Kier molecular flexibility index (Phi) is 8.61. The third-order valence-electron chi connectivity index (χ3n) is 4.29. The van der Waals surface area contributed by atoms with E-state index in [0.29, 0.717) is 5.56 Å². The summed E-state index contributed by atoms with van der Waals surface area (Å²) in [6.07, 6.45) is -3.25. The quantitative estimate of drug-likeness (QED) is 0.389. The first-order valence-corrected chi connectivity index (χ1v) is 11.3. The van der Waals surface area contributed by atoms with Crippen molar-refractivity contribution in [2.75, 3.05) is 24.7 Å². The lowest BCUT2D eigenvalue weighted by Crippen LogP contribution is -2.29. The third kappa shape index (κ3) is 8.46. The monoisotopic (exact) mass is 482 g/mol. The summed E-state index contributed by atoms with van der Waals surface area (Å²) in [5.74, 6) is -2.73. The van der Waals surface area contributed by atoms with Crippen LogP contribution < -0.4 is 16.0 Å². The topological polar surface area (TPSA) is 107 Å². The molecule has 1 heterocycles. The van der Waals surface area contributed by atoms with E-state index in [2.05, 4.69) is 9.72 Å². The molecule has 1 aromatic carbocycles. The molecule has 0 saturated carbocycles. The van der Waals surface area contributed by atoms with Crippen molar-refractivity contribution in [2.45, 2.75) is 32.2 Å². The number of halogens is 4. The first kappa shape index (κ1) is 25.6. The van der Waals surface area contributed by atoms with Gasteiger partial charge in [0.2, 0.25) is 0 Å². The van der Waals surface area contributed by atoms with E-state index in [-0.39, 0.29) is 31.3 Å². The van der Waals surface area contributed by atoms with Gasteiger partial charge < -0.3 is 9.47 Å². The Hall–Kier alpha value is -2.67. The lowest BCUT2D eigenvalue weighted by molar-refractivity contribution is -0.153. The number of nitrogens with one attached hydrogen (secondary N) is 1. The van der Waals surface area contributed by atoms with Crippen molar-refractivity contribution in [3.63, 3.8) is 0 Å². The molecule has 0 unspecified atom stereocenters. The minimum absolute atomic E-state index is 0.0329. The molecule has 0 aliphatic carbocycles. The van der Waals surface area contributed by atoms with Gasteiger partial charge in [0, 0.05) is 18.9 Å². The summed E-state index contributed by atoms with van der Waals surface area (Å²) in [6.45, 7) is -0.240. The SMILES string of the molecule is C[C@@H](CS(=O)(=O)CCCOCn1ccc(=O)[nH]c1=O)c1ccc(F)c(OCC(F)(F)F)c1. The van der Waals surface area contributed by atoms with E-state index in [4.69, 9.17) is 4.74 Å². The Morgan fingerprint density at radius 3 is 2.56 bits per heavy atom. The molecular weight excluding hydrogens is 460 g/mol. The lowest BCUT2D eigenvalue weighted by Gasteiger charge is -2.15. The molecule has 0 saturated heterocycles. The van der Waals surface area contributed by atoms with Gasteiger partial charge >= 0.3 is 11.9 Å². The maximum absolute atomic E-state index is 13.7. The van der Waals surface area contributed by atoms with Crippen LogP contribution >= 0.6 is 0 Å². The summed E-state index contributed by atoms with van der Waals surface area (Å²) in [4.78, 5) is 24.5. The van der Waals surface area contributed by atoms with Crippen LogP contribution in [0.1, 0.15) is 24.8 Å². The van der Waals surface area contributed by atoms with Crippen molar-refractivity contribution < 1.29 is 35.5 Å². The maximum atomic E-state index is 13.7. The number of ether oxygens (including phenoxy) is 2. The van der Waals surface area contributed by atoms with Gasteiger partial charge in [-0.3, -0.25) is 14.3 Å². The zero-order valence-electron chi connectivity index (χ0n) is 17.0. The number of H-pyrrole nitrogens is 1. The molecule has 32 heavy (non-hydrogen) atoms. The van der Waals surface area contributed by atoms with Crippen LogP contribution in [0.3, 0.4) is 0 Å². The van der Waals surface area contributed by atoms with Crippen LogP contribution in [0, 0.1) is 5.82 Å². The Morgan fingerprint density at radius 1 is 1.19 bits per heavy atom. The van der Waals surface area contributed by atoms with E-state index in [0.717, 1.165) is 22.8 Å². The molecule has 2 aromatic rings. The van der Waals surface area contributed by atoms with Crippen LogP contribution in [-0.4, -0.2) is 48.9 Å². The molecule has 0 fully saturated rings. The molecule has 8 nitrogen and oxygen atoms in total. The molecule has 1 atom stereocenters. The molecular formula is C19H22F4N2O6S. The predicted molar refractivity (Wildman–Crippen MR) is 107 cm³/mol. The molecule has 1 N–H and O–H groups in total. The third-order valence-corrected chi connectivity index (χ3v) is 6.21. The minimum atomic E-state index is -4.63. The average molecular weight is 482 g/mol. The molecule has 0 aliphatic rings. The predicted octanol–water partition coefficient (Wildman–Crippen LogP) is 2.20. The van der Waals surface area contributed by atoms with Crippen molar-refractivity contribution in [3.05, 3.63) is 62.7 Å². The number of aromatic amines is 1. The number of hydrogen-bond acceptors (Lipinski definition) is 6. The van der Waals surface area contributed by atoms with E-state index in [1.807, 2.05) is 0 Å². The summed E-state index contributed by atoms with van der Waals surface area (Å²) in [7, 11) is -3.56. The fraction of sp³-hybridized carbons (Fsp3) is 0.474. The van der Waals surface area contributed by atoms with Crippen molar-refractivity contribution in [1.29, 1.82) is 0 Å². The number of hydrogen-bond donors (Lipinski definition) is 1. The fourth-order valence-corrected chi connectivity index (χ4v) is 4.43. The van der Waals surface area contributed by atoms with Crippen molar-refractivity contribution in [3.8, 4) is 5.75 Å². The smallest absolute Gasteiger partial charge is 0.422 e. The zero-order chi connectivity index (χ0) is 23.9. The van der Waals surface area contributed by atoms with Crippen LogP contribution in [0.4, 0.5) is 17.6 Å². The number of aromatic nitrogens is 2. The van der Waals surface area contributed by atoms with Gasteiger partial charge in [0.1, 0.15) is 6.73 Å². The van der Waals surface area contributed by atoms with E-state index in [1.54, 1.807) is 6.92 Å². The van der Waals surface area contributed by atoms with Crippen LogP contribution in [0.15, 0.2) is 40.1 Å². The normalized spacial score (nSPS) is 13.2. The molecule has 178 valence electrons. The molecule has 0 spiro atoms. The second-order valence-electron chi connectivity index (χ2n) is 7.08.